The third kappa shape index (κ3) is 3.59. The Balaban J connectivity index is 2.70. The van der Waals surface area contributed by atoms with Crippen LogP contribution in [0.1, 0.15) is 12.5 Å². The third-order valence-electron chi connectivity index (χ3n) is 2.15. The summed E-state index contributed by atoms with van der Waals surface area (Å²) in [4.78, 5) is 0. The van der Waals surface area contributed by atoms with Crippen molar-refractivity contribution in [2.75, 3.05) is 20.3 Å². The molecule has 0 heterocycles. The fourth-order valence-corrected chi connectivity index (χ4v) is 1.42. The molecule has 0 aromatic heterocycles. The zero-order chi connectivity index (χ0) is 11.8. The van der Waals surface area contributed by atoms with E-state index < -0.39 is 0 Å². The predicted molar refractivity (Wildman–Crippen MR) is 66.1 cm³/mol. The van der Waals surface area contributed by atoms with Gasteiger partial charge in [0, 0.05) is 13.1 Å². The summed E-state index contributed by atoms with van der Waals surface area (Å²) in [5.74, 6) is 1.57. The first kappa shape index (κ1) is 12.6. The lowest BCUT2D eigenvalue weighted by molar-refractivity contribution is 0.310. The van der Waals surface area contributed by atoms with E-state index in [1.165, 1.54) is 5.56 Å². The third-order valence-corrected chi connectivity index (χ3v) is 2.15. The summed E-state index contributed by atoms with van der Waals surface area (Å²) in [5, 5.41) is 3.24. The van der Waals surface area contributed by atoms with Gasteiger partial charge in [-0.15, -0.1) is 6.58 Å². The summed E-state index contributed by atoms with van der Waals surface area (Å²) in [6.45, 7) is 7.86. The van der Waals surface area contributed by atoms with E-state index in [9.17, 15) is 0 Å². The first-order chi connectivity index (χ1) is 7.81. The van der Waals surface area contributed by atoms with Crippen molar-refractivity contribution in [1.82, 2.24) is 5.32 Å². The Labute approximate surface area is 97.1 Å². The zero-order valence-electron chi connectivity index (χ0n) is 9.95. The van der Waals surface area contributed by atoms with Crippen LogP contribution in [-0.2, 0) is 6.54 Å². The van der Waals surface area contributed by atoms with Gasteiger partial charge >= 0.3 is 0 Å². The van der Waals surface area contributed by atoms with Gasteiger partial charge in [-0.05, 0) is 24.6 Å². The highest BCUT2D eigenvalue weighted by molar-refractivity contribution is 5.42. The maximum atomic E-state index is 5.45. The van der Waals surface area contributed by atoms with Gasteiger partial charge in [0.1, 0.15) is 0 Å². The van der Waals surface area contributed by atoms with Crippen molar-refractivity contribution in [2.45, 2.75) is 13.5 Å². The molecule has 3 heteroatoms. The van der Waals surface area contributed by atoms with Gasteiger partial charge in [-0.3, -0.25) is 0 Å². The van der Waals surface area contributed by atoms with E-state index in [1.54, 1.807) is 7.11 Å². The Kier molecular flexibility index (Phi) is 5.43. The highest BCUT2D eigenvalue weighted by Gasteiger charge is 2.04. The number of hydrogen-bond donors (Lipinski definition) is 1. The quantitative estimate of drug-likeness (QED) is 0.566. The highest BCUT2D eigenvalue weighted by atomic mass is 16.5. The topological polar surface area (TPSA) is 30.5 Å². The van der Waals surface area contributed by atoms with Crippen LogP contribution in [0.25, 0.3) is 0 Å². The van der Waals surface area contributed by atoms with Crippen LogP contribution in [0.4, 0.5) is 0 Å². The molecule has 0 atom stereocenters. The number of methoxy groups -OCH3 is 1. The van der Waals surface area contributed by atoms with Crippen LogP contribution in [-0.4, -0.2) is 20.3 Å². The molecular weight excluding hydrogens is 202 g/mol. The fourth-order valence-electron chi connectivity index (χ4n) is 1.42. The molecule has 88 valence electrons. The van der Waals surface area contributed by atoms with Gasteiger partial charge < -0.3 is 14.8 Å². The summed E-state index contributed by atoms with van der Waals surface area (Å²) in [5.41, 5.74) is 1.17. The van der Waals surface area contributed by atoms with E-state index in [-0.39, 0.29) is 0 Å². The molecule has 0 spiro atoms. The minimum Gasteiger partial charge on any atom is -0.493 e. The molecule has 0 amide bonds. The Morgan fingerprint density at radius 3 is 2.81 bits per heavy atom. The van der Waals surface area contributed by atoms with Crippen molar-refractivity contribution in [3.8, 4) is 11.5 Å². The monoisotopic (exact) mass is 221 g/mol. The lowest BCUT2D eigenvalue weighted by Gasteiger charge is -2.11. The van der Waals surface area contributed by atoms with E-state index in [0.29, 0.717) is 6.61 Å². The predicted octanol–water partition coefficient (Wildman–Crippen LogP) is 2.37. The molecule has 3 nitrogen and oxygen atoms in total. The van der Waals surface area contributed by atoms with Crippen LogP contribution in [0.2, 0.25) is 0 Å². The van der Waals surface area contributed by atoms with Gasteiger partial charge in [0.05, 0.1) is 13.7 Å². The first-order valence-electron chi connectivity index (χ1n) is 5.43. The molecule has 0 saturated carbocycles. The van der Waals surface area contributed by atoms with E-state index in [0.717, 1.165) is 24.6 Å². The van der Waals surface area contributed by atoms with Gasteiger partial charge in [0.2, 0.25) is 0 Å². The molecule has 16 heavy (non-hydrogen) atoms. The molecule has 0 aliphatic carbocycles. The number of rotatable bonds is 7. The molecule has 0 fully saturated rings. The summed E-state index contributed by atoms with van der Waals surface area (Å²) in [7, 11) is 1.65. The van der Waals surface area contributed by atoms with Crippen molar-refractivity contribution in [1.29, 1.82) is 0 Å². The summed E-state index contributed by atoms with van der Waals surface area (Å²) >= 11 is 0. The second-order valence-electron chi connectivity index (χ2n) is 3.34. The van der Waals surface area contributed by atoms with Crippen LogP contribution in [0.5, 0.6) is 11.5 Å². The standard InChI is InChI=1S/C13H19NO2/c1-4-8-14-10-11-6-7-12(16-5-2)13(9-11)15-3/h4,6-7,9,14H,1,5,8,10H2,2-3H3. The maximum Gasteiger partial charge on any atom is 0.161 e. The molecule has 1 N–H and O–H groups in total. The smallest absolute Gasteiger partial charge is 0.161 e. The molecule has 0 bridgehead atoms. The number of nitrogens with one attached hydrogen (secondary N) is 1. The average molecular weight is 221 g/mol. The van der Waals surface area contributed by atoms with E-state index >= 15 is 0 Å². The molecular formula is C13H19NO2. The van der Waals surface area contributed by atoms with E-state index in [4.69, 9.17) is 9.47 Å². The molecule has 0 unspecified atom stereocenters. The van der Waals surface area contributed by atoms with Crippen molar-refractivity contribution >= 4 is 0 Å². The summed E-state index contributed by atoms with van der Waals surface area (Å²) in [6.07, 6.45) is 1.84. The second kappa shape index (κ2) is 6.90. The number of ether oxygens (including phenoxy) is 2. The first-order valence-corrected chi connectivity index (χ1v) is 5.43. The SMILES string of the molecule is C=CCNCc1ccc(OCC)c(OC)c1. The zero-order valence-corrected chi connectivity index (χ0v) is 9.95. The maximum absolute atomic E-state index is 5.45. The Bertz CT molecular complexity index is 337. The molecule has 0 radical (unpaired) electrons. The fraction of sp³-hybridized carbons (Fsp3) is 0.385. The average Bonchev–Trinajstić information content (AvgIpc) is 2.31. The largest absolute Gasteiger partial charge is 0.493 e. The van der Waals surface area contributed by atoms with Crippen molar-refractivity contribution < 1.29 is 9.47 Å². The van der Waals surface area contributed by atoms with Crippen LogP contribution >= 0.6 is 0 Å². The molecule has 0 aliphatic rings. The van der Waals surface area contributed by atoms with Gasteiger partial charge in [0.15, 0.2) is 11.5 Å². The molecule has 0 aliphatic heterocycles. The van der Waals surface area contributed by atoms with Gasteiger partial charge in [-0.25, -0.2) is 0 Å². The number of benzene rings is 1. The molecule has 0 saturated heterocycles. The van der Waals surface area contributed by atoms with Crippen LogP contribution in [0.15, 0.2) is 30.9 Å². The van der Waals surface area contributed by atoms with Crippen molar-refractivity contribution in [3.63, 3.8) is 0 Å². The van der Waals surface area contributed by atoms with Crippen LogP contribution in [0.3, 0.4) is 0 Å². The Hall–Kier alpha value is -1.48. The summed E-state index contributed by atoms with van der Waals surface area (Å²) in [6, 6.07) is 5.96. The second-order valence-corrected chi connectivity index (χ2v) is 3.34. The lowest BCUT2D eigenvalue weighted by atomic mass is 10.2. The Morgan fingerprint density at radius 1 is 1.38 bits per heavy atom. The Morgan fingerprint density at radius 2 is 2.19 bits per heavy atom. The summed E-state index contributed by atoms with van der Waals surface area (Å²) < 4.78 is 10.7. The minimum absolute atomic E-state index is 0.643. The van der Waals surface area contributed by atoms with Crippen LogP contribution < -0.4 is 14.8 Å². The van der Waals surface area contributed by atoms with Gasteiger partial charge in [0.25, 0.3) is 0 Å². The number of hydrogen-bond acceptors (Lipinski definition) is 3. The van der Waals surface area contributed by atoms with Gasteiger partial charge in [-0.1, -0.05) is 12.1 Å². The van der Waals surface area contributed by atoms with Gasteiger partial charge in [-0.2, -0.15) is 0 Å². The molecule has 1 rings (SSSR count). The van der Waals surface area contributed by atoms with E-state index in [2.05, 4.69) is 11.9 Å². The van der Waals surface area contributed by atoms with E-state index in [1.807, 2.05) is 31.2 Å². The van der Waals surface area contributed by atoms with Crippen molar-refractivity contribution in [2.24, 2.45) is 0 Å². The van der Waals surface area contributed by atoms with Crippen LogP contribution in [0, 0.1) is 0 Å². The molecule has 1 aromatic carbocycles. The molecule has 1 aromatic rings. The lowest BCUT2D eigenvalue weighted by Crippen LogP contribution is -2.12. The highest BCUT2D eigenvalue weighted by Crippen LogP contribution is 2.27. The van der Waals surface area contributed by atoms with Crippen molar-refractivity contribution in [3.05, 3.63) is 36.4 Å². The minimum atomic E-state index is 0.643. The normalized spacial score (nSPS) is 9.88.